The summed E-state index contributed by atoms with van der Waals surface area (Å²) in [6, 6.07) is 10.1. The van der Waals surface area contributed by atoms with E-state index in [1.165, 1.54) is 55.5 Å². The van der Waals surface area contributed by atoms with E-state index < -0.39 is 0 Å². The molecule has 2 saturated heterocycles. The molecule has 2 atom stereocenters. The van der Waals surface area contributed by atoms with Crippen LogP contribution >= 0.6 is 15.9 Å². The summed E-state index contributed by atoms with van der Waals surface area (Å²) in [5.74, 6) is 0. The molecule has 2 nitrogen and oxygen atoms in total. The standard InChI is InChI=1S/C16H23BrN2/c1-13(14-5-4-6-15(17)11-14)19-10-9-18-8-3-2-7-16(18)12-19/h4-6,11,13,16H,2-3,7-10,12H2,1H3. The van der Waals surface area contributed by atoms with Crippen LogP contribution in [0.3, 0.4) is 0 Å². The van der Waals surface area contributed by atoms with Gasteiger partial charge in [0.25, 0.3) is 0 Å². The van der Waals surface area contributed by atoms with Gasteiger partial charge in [-0.25, -0.2) is 0 Å². The summed E-state index contributed by atoms with van der Waals surface area (Å²) >= 11 is 3.58. The molecule has 1 aromatic rings. The van der Waals surface area contributed by atoms with Gasteiger partial charge in [-0.15, -0.1) is 0 Å². The molecule has 2 heterocycles. The monoisotopic (exact) mass is 322 g/mol. The van der Waals surface area contributed by atoms with E-state index in [1.807, 2.05) is 0 Å². The highest BCUT2D eigenvalue weighted by atomic mass is 79.9. The fourth-order valence-corrected chi connectivity index (χ4v) is 3.93. The van der Waals surface area contributed by atoms with Gasteiger partial charge in [-0.05, 0) is 44.0 Å². The van der Waals surface area contributed by atoms with E-state index in [2.05, 4.69) is 56.9 Å². The number of benzene rings is 1. The number of rotatable bonds is 2. The first-order chi connectivity index (χ1) is 9.24. The van der Waals surface area contributed by atoms with Crippen LogP contribution in [-0.2, 0) is 0 Å². The molecule has 0 aliphatic carbocycles. The van der Waals surface area contributed by atoms with E-state index in [1.54, 1.807) is 0 Å². The van der Waals surface area contributed by atoms with Gasteiger partial charge < -0.3 is 0 Å². The summed E-state index contributed by atoms with van der Waals surface area (Å²) in [6.07, 6.45) is 4.21. The highest BCUT2D eigenvalue weighted by Crippen LogP contribution is 2.28. The van der Waals surface area contributed by atoms with Gasteiger partial charge in [-0.1, -0.05) is 34.5 Å². The molecule has 3 heteroatoms. The first-order valence-electron chi connectivity index (χ1n) is 7.47. The highest BCUT2D eigenvalue weighted by molar-refractivity contribution is 9.10. The van der Waals surface area contributed by atoms with Crippen molar-refractivity contribution in [2.75, 3.05) is 26.2 Å². The summed E-state index contributed by atoms with van der Waals surface area (Å²) in [5, 5.41) is 0. The Morgan fingerprint density at radius 1 is 1.21 bits per heavy atom. The van der Waals surface area contributed by atoms with Crippen molar-refractivity contribution in [2.45, 2.75) is 38.3 Å². The average Bonchev–Trinajstić information content (AvgIpc) is 2.46. The molecule has 0 amide bonds. The fraction of sp³-hybridized carbons (Fsp3) is 0.625. The van der Waals surface area contributed by atoms with Gasteiger partial charge in [0.05, 0.1) is 0 Å². The van der Waals surface area contributed by atoms with Gasteiger partial charge in [0, 0.05) is 36.2 Å². The van der Waals surface area contributed by atoms with Gasteiger partial charge in [0.2, 0.25) is 0 Å². The fourth-order valence-electron chi connectivity index (χ4n) is 3.51. The Bertz CT molecular complexity index is 435. The topological polar surface area (TPSA) is 6.48 Å². The molecule has 2 aliphatic heterocycles. The molecule has 3 rings (SSSR count). The third-order valence-electron chi connectivity index (χ3n) is 4.75. The maximum atomic E-state index is 3.58. The Hall–Kier alpha value is -0.380. The smallest absolute Gasteiger partial charge is 0.0321 e. The Morgan fingerprint density at radius 2 is 2.11 bits per heavy atom. The van der Waals surface area contributed by atoms with Crippen molar-refractivity contribution in [3.63, 3.8) is 0 Å². The molecule has 2 unspecified atom stereocenters. The summed E-state index contributed by atoms with van der Waals surface area (Å²) in [7, 11) is 0. The van der Waals surface area contributed by atoms with Crippen LogP contribution < -0.4 is 0 Å². The molecule has 2 aliphatic rings. The first-order valence-corrected chi connectivity index (χ1v) is 8.27. The summed E-state index contributed by atoms with van der Waals surface area (Å²) in [4.78, 5) is 5.36. The maximum absolute atomic E-state index is 3.58. The van der Waals surface area contributed by atoms with E-state index in [0.29, 0.717) is 6.04 Å². The normalized spacial score (nSPS) is 26.9. The predicted octanol–water partition coefficient (Wildman–Crippen LogP) is 3.68. The lowest BCUT2D eigenvalue weighted by atomic mass is 9.97. The number of nitrogens with zero attached hydrogens (tertiary/aromatic N) is 2. The van der Waals surface area contributed by atoms with Crippen LogP contribution in [0, 0.1) is 0 Å². The second kappa shape index (κ2) is 5.94. The van der Waals surface area contributed by atoms with Crippen LogP contribution in [0.15, 0.2) is 28.7 Å². The van der Waals surface area contributed by atoms with Crippen LogP contribution in [-0.4, -0.2) is 42.0 Å². The van der Waals surface area contributed by atoms with Gasteiger partial charge in [0.15, 0.2) is 0 Å². The molecule has 1 aromatic carbocycles. The van der Waals surface area contributed by atoms with Crippen molar-refractivity contribution in [3.05, 3.63) is 34.3 Å². The number of piperazine rings is 1. The number of fused-ring (bicyclic) bond motifs is 1. The van der Waals surface area contributed by atoms with Gasteiger partial charge in [-0.3, -0.25) is 9.80 Å². The molecule has 0 radical (unpaired) electrons. The lowest BCUT2D eigenvalue weighted by molar-refractivity contribution is 0.0307. The van der Waals surface area contributed by atoms with Crippen LogP contribution in [0.4, 0.5) is 0 Å². The molecule has 2 fully saturated rings. The molecule has 0 spiro atoms. The average molecular weight is 323 g/mol. The zero-order valence-electron chi connectivity index (χ0n) is 11.7. The molecule has 0 bridgehead atoms. The van der Waals surface area contributed by atoms with Gasteiger partial charge in [0.1, 0.15) is 0 Å². The Morgan fingerprint density at radius 3 is 2.95 bits per heavy atom. The Kier molecular flexibility index (Phi) is 4.25. The van der Waals surface area contributed by atoms with E-state index >= 15 is 0 Å². The number of piperidine rings is 1. The van der Waals surface area contributed by atoms with Crippen molar-refractivity contribution in [1.29, 1.82) is 0 Å². The molecule has 0 N–H and O–H groups in total. The second-order valence-corrected chi connectivity index (χ2v) is 6.83. The number of hydrogen-bond donors (Lipinski definition) is 0. The molecule has 19 heavy (non-hydrogen) atoms. The Balaban J connectivity index is 1.69. The van der Waals surface area contributed by atoms with Gasteiger partial charge in [-0.2, -0.15) is 0 Å². The van der Waals surface area contributed by atoms with Crippen LogP contribution in [0.25, 0.3) is 0 Å². The van der Waals surface area contributed by atoms with Crippen molar-refractivity contribution in [3.8, 4) is 0 Å². The number of hydrogen-bond acceptors (Lipinski definition) is 2. The molecular formula is C16H23BrN2. The lowest BCUT2D eigenvalue weighted by Crippen LogP contribution is -2.55. The van der Waals surface area contributed by atoms with Crippen LogP contribution in [0.1, 0.15) is 37.8 Å². The Labute approximate surface area is 124 Å². The van der Waals surface area contributed by atoms with Crippen molar-refractivity contribution >= 4 is 15.9 Å². The lowest BCUT2D eigenvalue weighted by Gasteiger charge is -2.46. The third kappa shape index (κ3) is 3.04. The van der Waals surface area contributed by atoms with E-state index in [0.717, 1.165) is 6.04 Å². The van der Waals surface area contributed by atoms with Crippen molar-refractivity contribution in [2.24, 2.45) is 0 Å². The van der Waals surface area contributed by atoms with E-state index in [4.69, 9.17) is 0 Å². The SMILES string of the molecule is CC(c1cccc(Br)c1)N1CCN2CCCCC2C1. The maximum Gasteiger partial charge on any atom is 0.0321 e. The summed E-state index contributed by atoms with van der Waals surface area (Å²) < 4.78 is 1.19. The molecule has 104 valence electrons. The molecular weight excluding hydrogens is 300 g/mol. The second-order valence-electron chi connectivity index (χ2n) is 5.91. The van der Waals surface area contributed by atoms with Crippen LogP contribution in [0.5, 0.6) is 0 Å². The third-order valence-corrected chi connectivity index (χ3v) is 5.24. The van der Waals surface area contributed by atoms with Crippen molar-refractivity contribution in [1.82, 2.24) is 9.80 Å². The highest BCUT2D eigenvalue weighted by Gasteiger charge is 2.31. The zero-order valence-corrected chi connectivity index (χ0v) is 13.3. The minimum atomic E-state index is 0.529. The minimum absolute atomic E-state index is 0.529. The van der Waals surface area contributed by atoms with Crippen LogP contribution in [0.2, 0.25) is 0 Å². The number of halogens is 1. The largest absolute Gasteiger partial charge is 0.298 e. The first kappa shape index (κ1) is 13.6. The summed E-state index contributed by atoms with van der Waals surface area (Å²) in [6.45, 7) is 7.38. The minimum Gasteiger partial charge on any atom is -0.298 e. The predicted molar refractivity (Wildman–Crippen MR) is 83.3 cm³/mol. The van der Waals surface area contributed by atoms with Crippen molar-refractivity contribution < 1.29 is 0 Å². The quantitative estimate of drug-likeness (QED) is 0.819. The van der Waals surface area contributed by atoms with E-state index in [-0.39, 0.29) is 0 Å². The van der Waals surface area contributed by atoms with Gasteiger partial charge >= 0.3 is 0 Å². The zero-order chi connectivity index (χ0) is 13.2. The summed E-state index contributed by atoms with van der Waals surface area (Å²) in [5.41, 5.74) is 1.43. The molecule has 0 aromatic heterocycles. The molecule has 0 saturated carbocycles. The van der Waals surface area contributed by atoms with E-state index in [9.17, 15) is 0 Å².